The largest absolute Gasteiger partial charge is 0.490 e. The van der Waals surface area contributed by atoms with Crippen LogP contribution in [0.25, 0.3) is 81.7 Å². The molecule has 3 heterocycles. The zero-order valence-electron chi connectivity index (χ0n) is 66.3. The molecule has 6 aliphatic rings. The van der Waals surface area contributed by atoms with E-state index in [1.807, 2.05) is 54.6 Å². The molecule has 0 radical (unpaired) electrons. The molecule has 0 aliphatic heterocycles. The van der Waals surface area contributed by atoms with E-state index in [0.29, 0.717) is 66.6 Å². The molecular formula is C93H117Fe3N3O9. The van der Waals surface area contributed by atoms with Gasteiger partial charge in [-0.05, 0) is 195 Å². The van der Waals surface area contributed by atoms with Crippen LogP contribution in [-0.4, -0.2) is 32.0 Å². The first-order valence-corrected chi connectivity index (χ1v) is 41.2. The Hall–Kier alpha value is -6.30. The zero-order chi connectivity index (χ0) is 74.1. The quantitative estimate of drug-likeness (QED) is 0.0605. The topological polar surface area (TPSA) is 145 Å². The Morgan fingerprint density at radius 2 is 0.407 bits per heavy atom. The molecule has 0 N–H and O–H groups in total. The van der Waals surface area contributed by atoms with Crippen molar-refractivity contribution in [2.75, 3.05) is 0 Å². The van der Waals surface area contributed by atoms with E-state index >= 15 is 28.8 Å². The molecule has 7 aromatic carbocycles. The molecule has 12 nitrogen and oxygen atoms in total. The fourth-order valence-electron chi connectivity index (χ4n) is 19.2. The van der Waals surface area contributed by atoms with Crippen LogP contribution in [0.1, 0.15) is 291 Å². The molecule has 0 atom stereocenters. The van der Waals surface area contributed by atoms with Gasteiger partial charge in [-0.3, -0.25) is 28.8 Å². The Kier molecular flexibility index (Phi) is 28.8. The average Bonchev–Trinajstić information content (AvgIpc) is 1.55. The summed E-state index contributed by atoms with van der Waals surface area (Å²) in [6.45, 7) is 25.6. The van der Waals surface area contributed by atoms with Gasteiger partial charge in [0.15, 0.2) is 0 Å². The van der Waals surface area contributed by atoms with Crippen LogP contribution in [0.2, 0.25) is 0 Å². The summed E-state index contributed by atoms with van der Waals surface area (Å²) in [7, 11) is 0. The summed E-state index contributed by atoms with van der Waals surface area (Å²) < 4.78 is 24.1. The minimum absolute atomic E-state index is 0. The number of hydrogen-bond donors (Lipinski definition) is 0. The van der Waals surface area contributed by atoms with E-state index < -0.39 is 33.4 Å². The Morgan fingerprint density at radius 3 is 0.565 bits per heavy atom. The van der Waals surface area contributed by atoms with E-state index in [2.05, 4.69) is 83.1 Å². The van der Waals surface area contributed by atoms with Crippen LogP contribution in [0.15, 0.2) is 120 Å². The van der Waals surface area contributed by atoms with Gasteiger partial charge in [0.1, 0.15) is 35.6 Å². The number of benzene rings is 7. The van der Waals surface area contributed by atoms with E-state index in [-0.39, 0.29) is 155 Å². The molecule has 0 spiro atoms. The van der Waals surface area contributed by atoms with E-state index in [0.717, 1.165) is 93.7 Å². The fraction of sp³-hybridized carbons (Fsp3) is 0.548. The molecule has 0 saturated heterocycles. The Bertz CT molecular complexity index is 4350. The molecule has 0 unspecified atom stereocenters. The Labute approximate surface area is 671 Å². The van der Waals surface area contributed by atoms with Crippen molar-refractivity contribution in [3.05, 3.63) is 170 Å². The van der Waals surface area contributed by atoms with Crippen molar-refractivity contribution in [3.8, 4) is 34.3 Å². The molecule has 6 saturated carbocycles. The van der Waals surface area contributed by atoms with Crippen molar-refractivity contribution in [1.29, 1.82) is 0 Å². The van der Waals surface area contributed by atoms with E-state index in [1.165, 1.54) is 110 Å². The van der Waals surface area contributed by atoms with Crippen molar-refractivity contribution in [2.45, 2.75) is 293 Å². The second kappa shape index (κ2) is 36.9. The predicted molar refractivity (Wildman–Crippen MR) is 436 cm³/mol. The molecule has 582 valence electrons. The van der Waals surface area contributed by atoms with Gasteiger partial charge in [-0.25, -0.2) is 13.7 Å². The van der Waals surface area contributed by atoms with Gasteiger partial charge >= 0.3 is 0 Å². The van der Waals surface area contributed by atoms with Crippen LogP contribution < -0.4 is 47.6 Å². The second-order valence-electron chi connectivity index (χ2n) is 34.3. The van der Waals surface area contributed by atoms with E-state index in [9.17, 15) is 0 Å². The number of nitrogens with zero attached hydrogens (tertiary/aromatic N) is 3. The maximum atomic E-state index is 15.5. The van der Waals surface area contributed by atoms with Crippen molar-refractivity contribution in [1.82, 2.24) is 13.7 Å². The third-order valence-electron chi connectivity index (χ3n) is 24.6. The SMILES string of the molecule is C1CCCC1.C1CCCC1.C1CCCC1.CC(C)C(Oc1ccc(C2CCCC2)c(-n2c(=O)c3cc4c5cc6c(=O)n(-c7cc(OC(C(C)C)C(C)C)ccc7C7CCCC7)c(=O)c6cc5c5cc6c(=O)n(-c7cc(OC(C(C)C)C(C)C)ccc7C7CCCC7)c(=O)c6cc5c4cc3c2=O)c1)C(C)C.[Fe].[Fe].[Fe]. The van der Waals surface area contributed by atoms with Crippen molar-refractivity contribution >= 4 is 64.6 Å². The first-order chi connectivity index (χ1) is 50.6. The summed E-state index contributed by atoms with van der Waals surface area (Å²) in [6.07, 6.45) is 34.0. The summed E-state index contributed by atoms with van der Waals surface area (Å²) in [6, 6.07) is 28.2. The van der Waals surface area contributed by atoms with Gasteiger partial charge in [0.05, 0.1) is 49.4 Å². The maximum Gasteiger partial charge on any atom is 0.266 e. The number of aromatic nitrogens is 3. The minimum atomic E-state index is -0.481. The van der Waals surface area contributed by atoms with Gasteiger partial charge in [0.2, 0.25) is 0 Å². The maximum absolute atomic E-state index is 15.5. The van der Waals surface area contributed by atoms with Gasteiger partial charge in [-0.1, -0.05) is 236 Å². The normalized spacial score (nSPS) is 16.5. The zero-order valence-corrected chi connectivity index (χ0v) is 69.6. The van der Waals surface area contributed by atoms with Gasteiger partial charge < -0.3 is 14.2 Å². The number of fused-ring (bicyclic) bond motifs is 9. The molecule has 6 aliphatic carbocycles. The van der Waals surface area contributed by atoms with Crippen LogP contribution in [-0.2, 0) is 51.2 Å². The fourth-order valence-corrected chi connectivity index (χ4v) is 19.2. The van der Waals surface area contributed by atoms with Crippen LogP contribution in [0.5, 0.6) is 17.2 Å². The first kappa shape index (κ1) is 84.2. The van der Waals surface area contributed by atoms with Crippen molar-refractivity contribution in [2.24, 2.45) is 35.5 Å². The molecule has 108 heavy (non-hydrogen) atoms. The van der Waals surface area contributed by atoms with E-state index in [1.54, 1.807) is 36.4 Å². The first-order valence-electron chi connectivity index (χ1n) is 41.2. The molecule has 10 aromatic rings. The molecule has 16 rings (SSSR count). The van der Waals surface area contributed by atoms with Crippen molar-refractivity contribution in [3.63, 3.8) is 0 Å². The van der Waals surface area contributed by atoms with Crippen LogP contribution in [0, 0.1) is 35.5 Å². The smallest absolute Gasteiger partial charge is 0.266 e. The summed E-state index contributed by atoms with van der Waals surface area (Å²) >= 11 is 0. The molecule has 15 heteroatoms. The Balaban J connectivity index is 0.000000618. The van der Waals surface area contributed by atoms with Crippen LogP contribution in [0.4, 0.5) is 0 Å². The number of ether oxygens (including phenoxy) is 3. The van der Waals surface area contributed by atoms with Crippen LogP contribution >= 0.6 is 0 Å². The number of rotatable bonds is 18. The molecule has 0 amide bonds. The van der Waals surface area contributed by atoms with Crippen molar-refractivity contribution < 1.29 is 65.4 Å². The monoisotopic (exact) mass is 1590 g/mol. The predicted octanol–water partition coefficient (Wildman–Crippen LogP) is 22.4. The summed E-state index contributed by atoms with van der Waals surface area (Å²) in [5.74, 6) is 3.39. The molecule has 0 bridgehead atoms. The average molecular weight is 1590 g/mol. The molecular weight excluding hydrogens is 1470 g/mol. The summed E-state index contributed by atoms with van der Waals surface area (Å²) in [5.41, 5.74) is 1.40. The Morgan fingerprint density at radius 1 is 0.241 bits per heavy atom. The molecule has 3 aromatic heterocycles. The minimum Gasteiger partial charge on any atom is -0.490 e. The molecule has 6 fully saturated rings. The standard InChI is InChI=1S/C78H87N3O9.3C5H10.3Fe/c1-40(2)70(41(3)4)88-49-25-28-52(46-19-13-14-20-46)67(31-49)79-73(82)61-34-55-56(35-62(61)74(79)83)58-37-64-66(78(87)81(76(64)85)69-33-51(90-72(44(9)10)45(11)12)27-30-54(69)48-23-17-18-24-48)39-60(58)59-38-65-63(36-57(55)59)75(84)80(77(65)86)68-32-50(89-71(42(5)6)43(7)8)26-29-53(68)47-21-15-16-22-47;3*1-2-4-5-3-1;;;/h25-48,70-72H,13-24H2,1-12H3;3*1-5H2;;;. The van der Waals surface area contributed by atoms with Gasteiger partial charge in [-0.15, -0.1) is 0 Å². The number of hydrogen-bond acceptors (Lipinski definition) is 9. The summed E-state index contributed by atoms with van der Waals surface area (Å²) in [5, 5.41) is 4.46. The summed E-state index contributed by atoms with van der Waals surface area (Å²) in [4.78, 5) is 92.9. The third kappa shape index (κ3) is 17.3. The van der Waals surface area contributed by atoms with Gasteiger partial charge in [0.25, 0.3) is 33.4 Å². The van der Waals surface area contributed by atoms with E-state index in [4.69, 9.17) is 14.2 Å². The van der Waals surface area contributed by atoms with Gasteiger partial charge in [0, 0.05) is 69.4 Å². The second-order valence-corrected chi connectivity index (χ2v) is 34.3. The van der Waals surface area contributed by atoms with Gasteiger partial charge in [-0.2, -0.15) is 0 Å². The van der Waals surface area contributed by atoms with Crippen LogP contribution in [0.3, 0.4) is 0 Å². The third-order valence-corrected chi connectivity index (χ3v) is 24.6.